The average Bonchev–Trinajstić information content (AvgIpc) is 3.27. The highest BCUT2D eigenvalue weighted by atomic mass is 16.6. The van der Waals surface area contributed by atoms with E-state index in [4.69, 9.17) is 9.15 Å². The van der Waals surface area contributed by atoms with Crippen molar-refractivity contribution in [3.8, 4) is 0 Å². The van der Waals surface area contributed by atoms with Crippen LogP contribution >= 0.6 is 0 Å². The van der Waals surface area contributed by atoms with E-state index >= 15 is 0 Å². The first-order valence-corrected chi connectivity index (χ1v) is 10.5. The largest absolute Gasteiger partial charge is 0.508 e. The minimum absolute atomic E-state index is 0.0759. The highest BCUT2D eigenvalue weighted by Crippen LogP contribution is 2.25. The zero-order chi connectivity index (χ0) is 21.2. The Morgan fingerprint density at radius 1 is 1.03 bits per heavy atom. The van der Waals surface area contributed by atoms with Crippen molar-refractivity contribution in [2.75, 3.05) is 0 Å². The van der Waals surface area contributed by atoms with Crippen molar-refractivity contribution in [1.29, 1.82) is 0 Å². The molecule has 1 atom stereocenters. The van der Waals surface area contributed by atoms with E-state index in [1.165, 1.54) is 16.7 Å². The molecule has 1 aromatic rings. The lowest BCUT2D eigenvalue weighted by Gasteiger charge is -2.10. The summed E-state index contributed by atoms with van der Waals surface area (Å²) >= 11 is 0. The first-order chi connectivity index (χ1) is 13.9. The molecule has 4 heteroatoms. The zero-order valence-electron chi connectivity index (χ0n) is 18.2. The Labute approximate surface area is 174 Å². The molecule has 158 valence electrons. The molecule has 2 heterocycles. The molecule has 2 rings (SSSR count). The van der Waals surface area contributed by atoms with Crippen LogP contribution < -0.4 is 0 Å². The van der Waals surface area contributed by atoms with Gasteiger partial charge < -0.3 is 14.3 Å². The van der Waals surface area contributed by atoms with Crippen LogP contribution in [0.1, 0.15) is 71.8 Å². The number of aliphatic hydroxyl groups is 1. The van der Waals surface area contributed by atoms with Gasteiger partial charge in [0.1, 0.15) is 5.76 Å². The zero-order valence-corrected chi connectivity index (χ0v) is 18.2. The van der Waals surface area contributed by atoms with Crippen LogP contribution in [0.3, 0.4) is 0 Å². The summed E-state index contributed by atoms with van der Waals surface area (Å²) in [7, 11) is 0. The second kappa shape index (κ2) is 11.5. The van der Waals surface area contributed by atoms with E-state index in [1.807, 2.05) is 19.3 Å². The molecule has 29 heavy (non-hydrogen) atoms. The monoisotopic (exact) mass is 398 g/mol. The number of ether oxygens (including phenoxy) is 1. The van der Waals surface area contributed by atoms with Crippen LogP contribution in [-0.4, -0.2) is 17.2 Å². The van der Waals surface area contributed by atoms with Gasteiger partial charge in [-0.1, -0.05) is 34.9 Å². The van der Waals surface area contributed by atoms with E-state index in [0.29, 0.717) is 12.0 Å². The minimum Gasteiger partial charge on any atom is -0.508 e. The van der Waals surface area contributed by atoms with E-state index in [9.17, 15) is 9.90 Å². The Hall–Kier alpha value is -2.49. The molecule has 4 nitrogen and oxygen atoms in total. The van der Waals surface area contributed by atoms with E-state index in [2.05, 4.69) is 32.1 Å². The molecule has 0 aliphatic carbocycles. The molecule has 1 N–H and O–H groups in total. The van der Waals surface area contributed by atoms with Gasteiger partial charge in [0.15, 0.2) is 6.10 Å². The second-order valence-corrected chi connectivity index (χ2v) is 8.01. The van der Waals surface area contributed by atoms with Gasteiger partial charge in [0, 0.05) is 6.42 Å². The average molecular weight is 399 g/mol. The van der Waals surface area contributed by atoms with Crippen molar-refractivity contribution in [1.82, 2.24) is 0 Å². The molecule has 0 fully saturated rings. The molecule has 1 aromatic heterocycles. The summed E-state index contributed by atoms with van der Waals surface area (Å²) < 4.78 is 10.3. The van der Waals surface area contributed by atoms with Crippen LogP contribution in [0.4, 0.5) is 0 Å². The van der Waals surface area contributed by atoms with E-state index in [1.54, 1.807) is 13.2 Å². The molecule has 0 bridgehead atoms. The Kier molecular flexibility index (Phi) is 9.04. The summed E-state index contributed by atoms with van der Waals surface area (Å²) in [5.74, 6) is -0.336. The van der Waals surface area contributed by atoms with Crippen molar-refractivity contribution in [2.45, 2.75) is 78.7 Å². The fraction of sp³-hybridized carbons (Fsp3) is 0.480. The van der Waals surface area contributed by atoms with Gasteiger partial charge in [-0.15, -0.1) is 0 Å². The van der Waals surface area contributed by atoms with Gasteiger partial charge in [-0.3, -0.25) is 0 Å². The number of allylic oxidation sites excluding steroid dienone is 5. The summed E-state index contributed by atoms with van der Waals surface area (Å²) in [5.41, 5.74) is 5.54. The molecular formula is C25H34O4. The van der Waals surface area contributed by atoms with Gasteiger partial charge in [-0.25, -0.2) is 4.79 Å². The summed E-state index contributed by atoms with van der Waals surface area (Å²) in [5, 5.41) is 9.92. The van der Waals surface area contributed by atoms with Crippen LogP contribution in [-0.2, 0) is 16.0 Å². The number of esters is 1. The predicted octanol–water partition coefficient (Wildman–Crippen LogP) is 6.76. The topological polar surface area (TPSA) is 59.7 Å². The van der Waals surface area contributed by atoms with Gasteiger partial charge in [-0.05, 0) is 77.8 Å². The SMILES string of the molecule is CC1=C(O)C(C/C(C)=C\CC/C(C)=C/CC/C(C)=C/CCc2ccoc2)OC1=O. The van der Waals surface area contributed by atoms with Gasteiger partial charge >= 0.3 is 5.97 Å². The van der Waals surface area contributed by atoms with Crippen LogP contribution in [0.2, 0.25) is 0 Å². The number of cyclic esters (lactones) is 1. The molecule has 0 saturated heterocycles. The van der Waals surface area contributed by atoms with Gasteiger partial charge in [-0.2, -0.15) is 0 Å². The lowest BCUT2D eigenvalue weighted by atomic mass is 10.0. The normalized spacial score (nSPS) is 18.6. The van der Waals surface area contributed by atoms with Crippen LogP contribution in [0, 0.1) is 0 Å². The quantitative estimate of drug-likeness (QED) is 0.330. The van der Waals surface area contributed by atoms with Crippen LogP contribution in [0.15, 0.2) is 69.3 Å². The molecule has 1 aliphatic heterocycles. The summed E-state index contributed by atoms with van der Waals surface area (Å²) in [6.45, 7) is 8.00. The highest BCUT2D eigenvalue weighted by Gasteiger charge is 2.31. The molecular weight excluding hydrogens is 364 g/mol. The number of hydrogen-bond donors (Lipinski definition) is 1. The maximum Gasteiger partial charge on any atom is 0.338 e. The fourth-order valence-electron chi connectivity index (χ4n) is 3.35. The third kappa shape index (κ3) is 7.80. The Morgan fingerprint density at radius 3 is 2.21 bits per heavy atom. The summed E-state index contributed by atoms with van der Waals surface area (Å²) in [4.78, 5) is 11.5. The number of aryl methyl sites for hydroxylation is 1. The smallest absolute Gasteiger partial charge is 0.338 e. The van der Waals surface area contributed by atoms with Gasteiger partial charge in [0.05, 0.1) is 18.1 Å². The number of carbonyl (C=O) groups excluding carboxylic acids is 1. The van der Waals surface area contributed by atoms with Gasteiger partial charge in [0.25, 0.3) is 0 Å². The standard InChI is InChI=1S/C25H34O4/c1-18(8-5-9-19(2)11-7-13-22-14-15-28-17-22)10-6-12-20(3)16-23-24(26)21(4)25(27)29-23/h8,11-12,14-15,17,23,26H,5-7,9-10,13,16H2,1-4H3/b18-8+,19-11+,20-12-. The van der Waals surface area contributed by atoms with E-state index < -0.39 is 12.1 Å². The van der Waals surface area contributed by atoms with Crippen molar-refractivity contribution >= 4 is 5.97 Å². The first kappa shape index (κ1) is 22.8. The fourth-order valence-corrected chi connectivity index (χ4v) is 3.35. The third-order valence-corrected chi connectivity index (χ3v) is 5.32. The maximum absolute atomic E-state index is 11.5. The van der Waals surface area contributed by atoms with Crippen molar-refractivity contribution in [3.05, 3.63) is 70.4 Å². The number of furan rings is 1. The molecule has 0 radical (unpaired) electrons. The second-order valence-electron chi connectivity index (χ2n) is 8.01. The number of rotatable bonds is 11. The lowest BCUT2D eigenvalue weighted by Crippen LogP contribution is -2.12. The van der Waals surface area contributed by atoms with Crippen molar-refractivity contribution in [3.63, 3.8) is 0 Å². The molecule has 0 saturated carbocycles. The molecule has 0 spiro atoms. The molecule has 0 aromatic carbocycles. The van der Waals surface area contributed by atoms with Crippen molar-refractivity contribution < 1.29 is 19.1 Å². The van der Waals surface area contributed by atoms with Gasteiger partial charge in [0.2, 0.25) is 0 Å². The van der Waals surface area contributed by atoms with Crippen LogP contribution in [0.25, 0.3) is 0 Å². The Morgan fingerprint density at radius 2 is 1.66 bits per heavy atom. The molecule has 1 aliphatic rings. The number of hydrogen-bond acceptors (Lipinski definition) is 4. The first-order valence-electron chi connectivity index (χ1n) is 10.5. The number of carbonyl (C=O) groups is 1. The Bertz CT molecular complexity index is 791. The third-order valence-electron chi connectivity index (χ3n) is 5.32. The maximum atomic E-state index is 11.5. The van der Waals surface area contributed by atoms with Crippen LogP contribution in [0.5, 0.6) is 0 Å². The Balaban J connectivity index is 1.65. The summed E-state index contributed by atoms with van der Waals surface area (Å²) in [6, 6.07) is 2.02. The minimum atomic E-state index is -0.515. The molecule has 1 unspecified atom stereocenters. The van der Waals surface area contributed by atoms with E-state index in [0.717, 1.165) is 44.1 Å². The van der Waals surface area contributed by atoms with Crippen molar-refractivity contribution in [2.24, 2.45) is 0 Å². The predicted molar refractivity (Wildman–Crippen MR) is 117 cm³/mol. The summed E-state index contributed by atoms with van der Waals surface area (Å²) in [6.07, 6.45) is 16.6. The number of aliphatic hydroxyl groups excluding tert-OH is 1. The highest BCUT2D eigenvalue weighted by molar-refractivity contribution is 5.91. The van der Waals surface area contributed by atoms with E-state index in [-0.39, 0.29) is 5.76 Å². The molecule has 0 amide bonds. The lowest BCUT2D eigenvalue weighted by molar-refractivity contribution is -0.140.